The SMILES string of the molecule is CCOC(=O)C1CCCN(C(=S)NC(=O)C23CC4CC(CC(C4)C2)C3)C1. The first-order chi connectivity index (χ1) is 12.5. The van der Waals surface area contributed by atoms with Gasteiger partial charge in [0.2, 0.25) is 5.91 Å². The third kappa shape index (κ3) is 3.37. The maximum Gasteiger partial charge on any atom is 0.310 e. The van der Waals surface area contributed by atoms with Crippen molar-refractivity contribution in [1.29, 1.82) is 0 Å². The summed E-state index contributed by atoms with van der Waals surface area (Å²) in [7, 11) is 0. The second kappa shape index (κ2) is 7.10. The molecule has 1 amide bonds. The average molecular weight is 379 g/mol. The molecule has 6 heteroatoms. The van der Waals surface area contributed by atoms with E-state index in [2.05, 4.69) is 5.32 Å². The van der Waals surface area contributed by atoms with Crippen LogP contribution >= 0.6 is 12.2 Å². The molecular weight excluding hydrogens is 348 g/mol. The smallest absolute Gasteiger partial charge is 0.310 e. The summed E-state index contributed by atoms with van der Waals surface area (Å²) in [5.41, 5.74) is -0.185. The van der Waals surface area contributed by atoms with Crippen LogP contribution in [0.3, 0.4) is 0 Å². The van der Waals surface area contributed by atoms with E-state index in [1.165, 1.54) is 19.3 Å². The van der Waals surface area contributed by atoms with Crippen LogP contribution in [0.15, 0.2) is 0 Å². The highest BCUT2D eigenvalue weighted by molar-refractivity contribution is 7.80. The quantitative estimate of drug-likeness (QED) is 0.604. The summed E-state index contributed by atoms with van der Waals surface area (Å²) in [6, 6.07) is 0. The molecule has 1 unspecified atom stereocenters. The van der Waals surface area contributed by atoms with Crippen LogP contribution in [0.2, 0.25) is 0 Å². The van der Waals surface area contributed by atoms with Crippen LogP contribution in [0.1, 0.15) is 58.3 Å². The third-order valence-corrected chi connectivity index (χ3v) is 7.43. The third-order valence-electron chi connectivity index (χ3n) is 7.07. The van der Waals surface area contributed by atoms with Crippen LogP contribution in [-0.2, 0) is 14.3 Å². The van der Waals surface area contributed by atoms with Crippen molar-refractivity contribution in [1.82, 2.24) is 10.2 Å². The molecule has 5 fully saturated rings. The van der Waals surface area contributed by atoms with Crippen LogP contribution < -0.4 is 5.32 Å². The number of likely N-dealkylation sites (tertiary alicyclic amines) is 1. The Labute approximate surface area is 161 Å². The molecular formula is C20H30N2O3S. The topological polar surface area (TPSA) is 58.6 Å². The van der Waals surface area contributed by atoms with Crippen LogP contribution in [0.4, 0.5) is 0 Å². The molecule has 0 aromatic heterocycles. The summed E-state index contributed by atoms with van der Waals surface area (Å²) in [6.45, 7) is 3.59. The first-order valence-electron chi connectivity index (χ1n) is 10.3. The van der Waals surface area contributed by atoms with E-state index in [0.29, 0.717) is 18.3 Å². The summed E-state index contributed by atoms with van der Waals surface area (Å²) in [4.78, 5) is 27.2. The molecule has 4 aliphatic carbocycles. The van der Waals surface area contributed by atoms with Crippen molar-refractivity contribution in [3.8, 4) is 0 Å². The van der Waals surface area contributed by atoms with E-state index in [4.69, 9.17) is 17.0 Å². The maximum absolute atomic E-state index is 13.2. The predicted molar refractivity (Wildman–Crippen MR) is 102 cm³/mol. The van der Waals surface area contributed by atoms with Gasteiger partial charge in [0.05, 0.1) is 17.9 Å². The lowest BCUT2D eigenvalue weighted by molar-refractivity contribution is -0.149. The van der Waals surface area contributed by atoms with Crippen molar-refractivity contribution in [2.75, 3.05) is 19.7 Å². The number of ether oxygens (including phenoxy) is 1. The molecule has 1 aliphatic heterocycles. The summed E-state index contributed by atoms with van der Waals surface area (Å²) in [6.07, 6.45) is 8.83. The number of nitrogens with one attached hydrogen (secondary N) is 1. The standard InChI is InChI=1S/C20H30N2O3S/c1-2-25-17(23)16-4-3-5-22(12-16)19(26)21-18(24)20-9-13-6-14(10-20)8-15(7-13)11-20/h13-16H,2-12H2,1H3,(H,21,24,26). The molecule has 0 aromatic rings. The number of carbonyl (C=O) groups excluding carboxylic acids is 2. The fraction of sp³-hybridized carbons (Fsp3) is 0.850. The Hall–Kier alpha value is -1.17. The van der Waals surface area contributed by atoms with Crippen molar-refractivity contribution in [2.45, 2.75) is 58.3 Å². The lowest BCUT2D eigenvalue weighted by atomic mass is 9.49. The van der Waals surface area contributed by atoms with Gasteiger partial charge in [-0.15, -0.1) is 0 Å². The van der Waals surface area contributed by atoms with Crippen LogP contribution in [-0.4, -0.2) is 41.6 Å². The van der Waals surface area contributed by atoms with Gasteiger partial charge in [0.1, 0.15) is 0 Å². The van der Waals surface area contributed by atoms with Gasteiger partial charge in [-0.25, -0.2) is 0 Å². The number of rotatable bonds is 3. The van der Waals surface area contributed by atoms with Gasteiger partial charge in [-0.05, 0) is 88.3 Å². The molecule has 5 aliphatic rings. The Morgan fingerprint density at radius 2 is 1.77 bits per heavy atom. The van der Waals surface area contributed by atoms with E-state index in [1.807, 2.05) is 11.8 Å². The van der Waals surface area contributed by atoms with Gasteiger partial charge in [0, 0.05) is 13.1 Å². The average Bonchev–Trinajstić information content (AvgIpc) is 2.61. The second-order valence-electron chi connectivity index (χ2n) is 8.99. The lowest BCUT2D eigenvalue weighted by Crippen LogP contribution is -2.57. The summed E-state index contributed by atoms with van der Waals surface area (Å²) in [5.74, 6) is 2.07. The van der Waals surface area contributed by atoms with Gasteiger partial charge in [-0.2, -0.15) is 0 Å². The Kier molecular flexibility index (Phi) is 4.97. The highest BCUT2D eigenvalue weighted by Gasteiger charge is 2.54. The zero-order valence-electron chi connectivity index (χ0n) is 15.7. The molecule has 1 atom stereocenters. The van der Waals surface area contributed by atoms with Gasteiger partial charge in [0.25, 0.3) is 0 Å². The van der Waals surface area contributed by atoms with Crippen molar-refractivity contribution >= 4 is 29.2 Å². The number of amides is 1. The minimum absolute atomic E-state index is 0.139. The van der Waals surface area contributed by atoms with Crippen molar-refractivity contribution in [2.24, 2.45) is 29.1 Å². The number of hydrogen-bond donors (Lipinski definition) is 1. The molecule has 26 heavy (non-hydrogen) atoms. The molecule has 1 heterocycles. The number of nitrogens with zero attached hydrogens (tertiary/aromatic N) is 1. The first kappa shape index (κ1) is 18.2. The molecule has 5 nitrogen and oxygen atoms in total. The summed E-state index contributed by atoms with van der Waals surface area (Å²) in [5, 5.41) is 3.56. The first-order valence-corrected chi connectivity index (χ1v) is 10.7. The lowest BCUT2D eigenvalue weighted by Gasteiger charge is -2.55. The van der Waals surface area contributed by atoms with E-state index in [0.717, 1.165) is 56.4 Å². The van der Waals surface area contributed by atoms with E-state index in [9.17, 15) is 9.59 Å². The van der Waals surface area contributed by atoms with E-state index >= 15 is 0 Å². The highest BCUT2D eigenvalue weighted by atomic mass is 32.1. The molecule has 1 N–H and O–H groups in total. The van der Waals surface area contributed by atoms with Gasteiger partial charge in [0.15, 0.2) is 5.11 Å². The molecule has 0 spiro atoms. The Bertz CT molecular complexity index is 571. The Balaban J connectivity index is 1.37. The van der Waals surface area contributed by atoms with Crippen LogP contribution in [0, 0.1) is 29.1 Å². The zero-order chi connectivity index (χ0) is 18.3. The van der Waals surface area contributed by atoms with Crippen LogP contribution in [0.25, 0.3) is 0 Å². The molecule has 4 bridgehead atoms. The number of esters is 1. The van der Waals surface area contributed by atoms with Gasteiger partial charge >= 0.3 is 5.97 Å². The monoisotopic (exact) mass is 378 g/mol. The Morgan fingerprint density at radius 3 is 2.35 bits per heavy atom. The van der Waals surface area contributed by atoms with E-state index < -0.39 is 0 Å². The fourth-order valence-corrected chi connectivity index (χ4v) is 6.57. The molecule has 5 rings (SSSR count). The number of hydrogen-bond acceptors (Lipinski definition) is 4. The largest absolute Gasteiger partial charge is 0.466 e. The number of thiocarbonyl (C=S) groups is 1. The van der Waals surface area contributed by atoms with Crippen molar-refractivity contribution < 1.29 is 14.3 Å². The van der Waals surface area contributed by atoms with Gasteiger partial charge in [-0.1, -0.05) is 0 Å². The summed E-state index contributed by atoms with van der Waals surface area (Å²) >= 11 is 5.55. The van der Waals surface area contributed by atoms with E-state index in [-0.39, 0.29) is 23.2 Å². The molecule has 0 aromatic carbocycles. The van der Waals surface area contributed by atoms with Gasteiger partial charge in [-0.3, -0.25) is 9.59 Å². The fourth-order valence-electron chi connectivity index (χ4n) is 6.31. The van der Waals surface area contributed by atoms with Crippen LogP contribution in [0.5, 0.6) is 0 Å². The zero-order valence-corrected chi connectivity index (χ0v) is 16.5. The molecule has 4 saturated carbocycles. The summed E-state index contributed by atoms with van der Waals surface area (Å²) < 4.78 is 5.16. The van der Waals surface area contributed by atoms with E-state index in [1.54, 1.807) is 0 Å². The predicted octanol–water partition coefficient (Wildman–Crippen LogP) is 2.88. The maximum atomic E-state index is 13.2. The normalized spacial score (nSPS) is 38.1. The number of piperidine rings is 1. The minimum Gasteiger partial charge on any atom is -0.466 e. The van der Waals surface area contributed by atoms with Crippen molar-refractivity contribution in [3.63, 3.8) is 0 Å². The van der Waals surface area contributed by atoms with Gasteiger partial charge < -0.3 is 15.0 Å². The molecule has 1 saturated heterocycles. The molecule has 144 valence electrons. The highest BCUT2D eigenvalue weighted by Crippen LogP contribution is 2.60. The van der Waals surface area contributed by atoms with Crippen molar-refractivity contribution in [3.05, 3.63) is 0 Å². The number of carbonyl (C=O) groups is 2. The minimum atomic E-state index is -0.185. The second-order valence-corrected chi connectivity index (χ2v) is 9.38. The Morgan fingerprint density at radius 1 is 1.15 bits per heavy atom. The molecule has 0 radical (unpaired) electrons.